The van der Waals surface area contributed by atoms with Crippen molar-refractivity contribution in [2.75, 3.05) is 33.2 Å². The Kier molecular flexibility index (Phi) is 3.84. The normalized spacial score (nSPS) is 17.6. The van der Waals surface area contributed by atoms with Crippen LogP contribution >= 0.6 is 0 Å². The highest BCUT2D eigenvalue weighted by Gasteiger charge is 2.26. The van der Waals surface area contributed by atoms with E-state index in [0.717, 1.165) is 25.2 Å². The maximum atomic E-state index is 12.5. The molecule has 0 radical (unpaired) electrons. The molecule has 104 valence electrons. The van der Waals surface area contributed by atoms with E-state index in [1.807, 2.05) is 7.05 Å². The minimum atomic E-state index is -5.00. The van der Waals surface area contributed by atoms with Gasteiger partial charge < -0.3 is 22.7 Å². The van der Waals surface area contributed by atoms with Gasteiger partial charge in [0.25, 0.3) is 5.91 Å². The van der Waals surface area contributed by atoms with E-state index >= 15 is 0 Å². The number of rotatable bonds is 2. The number of carbonyl (C=O) groups excluding carboxylic acids is 1. The molecule has 0 bridgehead atoms. The number of hydrogen-bond acceptors (Lipinski definition) is 2. The molecule has 0 spiro atoms. The number of halogens is 3. The Morgan fingerprint density at radius 2 is 1.58 bits per heavy atom. The summed E-state index contributed by atoms with van der Waals surface area (Å²) >= 11 is 0. The lowest BCUT2D eigenvalue weighted by Gasteiger charge is -2.32. The van der Waals surface area contributed by atoms with E-state index in [1.165, 1.54) is 12.1 Å². The van der Waals surface area contributed by atoms with Crippen LogP contribution in [0.5, 0.6) is 0 Å². The van der Waals surface area contributed by atoms with Crippen LogP contribution < -0.4 is 5.46 Å². The Morgan fingerprint density at radius 3 is 2.05 bits per heavy atom. The second-order valence-corrected chi connectivity index (χ2v) is 4.79. The van der Waals surface area contributed by atoms with Gasteiger partial charge >= 0.3 is 6.98 Å². The molecule has 19 heavy (non-hydrogen) atoms. The number of amides is 1. The molecular formula is C12H15BF3N2O-. The summed E-state index contributed by atoms with van der Waals surface area (Å²) < 4.78 is 37.4. The van der Waals surface area contributed by atoms with Crippen LogP contribution in [-0.4, -0.2) is 55.9 Å². The van der Waals surface area contributed by atoms with Gasteiger partial charge in [0, 0.05) is 31.7 Å². The Hall–Kier alpha value is -1.50. The smallest absolute Gasteiger partial charge is 0.445 e. The van der Waals surface area contributed by atoms with Crippen LogP contribution in [0.1, 0.15) is 10.4 Å². The fourth-order valence-corrected chi connectivity index (χ4v) is 2.04. The fraction of sp³-hybridized carbons (Fsp3) is 0.417. The van der Waals surface area contributed by atoms with Crippen LogP contribution in [0.15, 0.2) is 24.3 Å². The van der Waals surface area contributed by atoms with Crippen molar-refractivity contribution < 1.29 is 17.7 Å². The van der Waals surface area contributed by atoms with Crippen molar-refractivity contribution in [2.24, 2.45) is 0 Å². The van der Waals surface area contributed by atoms with E-state index in [4.69, 9.17) is 0 Å². The minimum Gasteiger partial charge on any atom is -0.445 e. The summed E-state index contributed by atoms with van der Waals surface area (Å²) in [6.45, 7) is -2.20. The standard InChI is InChI=1S/C12H15BF3N2O/c1-17-6-8-18(9-7-17)12(19)10-2-4-11(5-3-10)13(14,15)16/h2-5H,6-9H2,1H3/q-1. The number of likely N-dealkylation sites (N-methyl/N-ethyl adjacent to an activating group) is 1. The van der Waals surface area contributed by atoms with Crippen molar-refractivity contribution in [3.8, 4) is 0 Å². The molecule has 2 rings (SSSR count). The molecule has 0 saturated carbocycles. The molecule has 0 unspecified atom stereocenters. The molecule has 0 N–H and O–H groups in total. The van der Waals surface area contributed by atoms with Gasteiger partial charge in [-0.25, -0.2) is 0 Å². The van der Waals surface area contributed by atoms with Crippen molar-refractivity contribution >= 4 is 18.3 Å². The molecule has 7 heteroatoms. The van der Waals surface area contributed by atoms with E-state index in [-0.39, 0.29) is 5.91 Å². The van der Waals surface area contributed by atoms with Crippen LogP contribution in [0.2, 0.25) is 0 Å². The molecule has 1 aromatic carbocycles. The highest BCUT2D eigenvalue weighted by atomic mass is 19.4. The van der Waals surface area contributed by atoms with Gasteiger partial charge in [-0.3, -0.25) is 4.79 Å². The lowest BCUT2D eigenvalue weighted by Crippen LogP contribution is -2.47. The maximum absolute atomic E-state index is 12.5. The highest BCUT2D eigenvalue weighted by Crippen LogP contribution is 2.11. The monoisotopic (exact) mass is 271 g/mol. The lowest BCUT2D eigenvalue weighted by atomic mass is 9.80. The van der Waals surface area contributed by atoms with E-state index in [0.29, 0.717) is 18.7 Å². The molecule has 1 heterocycles. The van der Waals surface area contributed by atoms with Gasteiger partial charge in [-0.1, -0.05) is 24.3 Å². The van der Waals surface area contributed by atoms with Gasteiger partial charge in [-0.05, 0) is 7.05 Å². The predicted octanol–water partition coefficient (Wildman–Crippen LogP) is 1.13. The van der Waals surface area contributed by atoms with Gasteiger partial charge in [-0.2, -0.15) is 0 Å². The summed E-state index contributed by atoms with van der Waals surface area (Å²) in [4.78, 5) is 15.9. The Labute approximate surface area is 110 Å². The first-order chi connectivity index (χ1) is 8.88. The summed E-state index contributed by atoms with van der Waals surface area (Å²) in [5.74, 6) is -0.200. The third-order valence-electron chi connectivity index (χ3n) is 3.33. The summed E-state index contributed by atoms with van der Waals surface area (Å²) in [6, 6.07) is 4.46. The Balaban J connectivity index is 2.08. The molecule has 1 amide bonds. The summed E-state index contributed by atoms with van der Waals surface area (Å²) in [5.41, 5.74) is -0.358. The molecule has 1 fully saturated rings. The number of benzene rings is 1. The molecule has 0 aromatic heterocycles. The largest absolute Gasteiger partial charge is 0.509 e. The van der Waals surface area contributed by atoms with Crippen molar-refractivity contribution in [3.63, 3.8) is 0 Å². The summed E-state index contributed by atoms with van der Waals surface area (Å²) in [6.07, 6.45) is 0. The third-order valence-corrected chi connectivity index (χ3v) is 3.33. The molecule has 0 aliphatic carbocycles. The van der Waals surface area contributed by atoms with Crippen molar-refractivity contribution in [1.29, 1.82) is 0 Å². The molecule has 1 aliphatic heterocycles. The molecule has 3 nitrogen and oxygen atoms in total. The van der Waals surface area contributed by atoms with Gasteiger partial charge in [0.2, 0.25) is 0 Å². The van der Waals surface area contributed by atoms with E-state index < -0.39 is 12.4 Å². The molecular weight excluding hydrogens is 256 g/mol. The van der Waals surface area contributed by atoms with E-state index in [2.05, 4.69) is 4.90 Å². The summed E-state index contributed by atoms with van der Waals surface area (Å²) in [5, 5.41) is 0. The topological polar surface area (TPSA) is 23.6 Å². The van der Waals surface area contributed by atoms with Crippen LogP contribution in [0, 0.1) is 0 Å². The minimum absolute atomic E-state index is 0.200. The van der Waals surface area contributed by atoms with Crippen LogP contribution in [0.4, 0.5) is 12.9 Å². The summed E-state index contributed by atoms with van der Waals surface area (Å²) in [7, 11) is 1.97. The Morgan fingerprint density at radius 1 is 1.05 bits per heavy atom. The average Bonchev–Trinajstić information content (AvgIpc) is 2.38. The second-order valence-electron chi connectivity index (χ2n) is 4.79. The molecule has 1 aromatic rings. The zero-order chi connectivity index (χ0) is 14.0. The van der Waals surface area contributed by atoms with Gasteiger partial charge in [0.05, 0.1) is 0 Å². The Bertz CT molecular complexity index is 453. The second kappa shape index (κ2) is 5.24. The number of nitrogens with zero attached hydrogens (tertiary/aromatic N) is 2. The van der Waals surface area contributed by atoms with Crippen LogP contribution in [0.25, 0.3) is 0 Å². The first-order valence-corrected chi connectivity index (χ1v) is 6.15. The zero-order valence-electron chi connectivity index (χ0n) is 10.7. The molecule has 0 atom stereocenters. The fourth-order valence-electron chi connectivity index (χ4n) is 2.04. The maximum Gasteiger partial charge on any atom is 0.509 e. The molecule has 1 saturated heterocycles. The van der Waals surface area contributed by atoms with E-state index in [1.54, 1.807) is 4.90 Å². The van der Waals surface area contributed by atoms with Crippen molar-refractivity contribution in [3.05, 3.63) is 29.8 Å². The lowest BCUT2D eigenvalue weighted by molar-refractivity contribution is 0.0664. The zero-order valence-corrected chi connectivity index (χ0v) is 10.7. The first kappa shape index (κ1) is 13.9. The SMILES string of the molecule is CN1CCN(C(=O)c2ccc([B-](F)(F)F)cc2)CC1. The van der Waals surface area contributed by atoms with Gasteiger partial charge in [-0.15, -0.1) is 5.46 Å². The number of carbonyl (C=O) groups is 1. The predicted molar refractivity (Wildman–Crippen MR) is 68.6 cm³/mol. The quantitative estimate of drug-likeness (QED) is 0.753. The first-order valence-electron chi connectivity index (χ1n) is 6.15. The van der Waals surface area contributed by atoms with Crippen molar-refractivity contribution in [1.82, 2.24) is 9.80 Å². The number of piperazine rings is 1. The number of hydrogen-bond donors (Lipinski definition) is 0. The average molecular weight is 271 g/mol. The van der Waals surface area contributed by atoms with Crippen LogP contribution in [0.3, 0.4) is 0 Å². The van der Waals surface area contributed by atoms with Gasteiger partial charge in [0.1, 0.15) is 0 Å². The third kappa shape index (κ3) is 3.29. The van der Waals surface area contributed by atoms with E-state index in [9.17, 15) is 17.7 Å². The molecule has 1 aliphatic rings. The van der Waals surface area contributed by atoms with Crippen LogP contribution in [-0.2, 0) is 0 Å². The highest BCUT2D eigenvalue weighted by molar-refractivity contribution is 6.73. The van der Waals surface area contributed by atoms with Crippen molar-refractivity contribution in [2.45, 2.75) is 0 Å². The van der Waals surface area contributed by atoms with Gasteiger partial charge in [0.15, 0.2) is 0 Å².